The molecule has 0 atom stereocenters. The Morgan fingerprint density at radius 2 is 1.95 bits per heavy atom. The quantitative estimate of drug-likeness (QED) is 0.910. The van der Waals surface area contributed by atoms with Crippen LogP contribution in [-0.2, 0) is 0 Å². The summed E-state index contributed by atoms with van der Waals surface area (Å²) in [5, 5.41) is 13.3. The van der Waals surface area contributed by atoms with Crippen LogP contribution in [-0.4, -0.2) is 17.0 Å². The van der Waals surface area contributed by atoms with Gasteiger partial charge in [0.1, 0.15) is 10.7 Å². The number of rotatable bonds is 3. The minimum atomic E-state index is -1.09. The van der Waals surface area contributed by atoms with Gasteiger partial charge in [0, 0.05) is 5.56 Å². The number of amides is 1. The number of hydrogen-bond donors (Lipinski definition) is 2. The molecular formula is C14H12FNO3S. The fourth-order valence-corrected chi connectivity index (χ4v) is 2.57. The molecule has 0 spiro atoms. The molecule has 2 N–H and O–H groups in total. The van der Waals surface area contributed by atoms with Gasteiger partial charge in [-0.15, -0.1) is 11.3 Å². The van der Waals surface area contributed by atoms with Crippen molar-refractivity contribution in [1.29, 1.82) is 0 Å². The van der Waals surface area contributed by atoms with E-state index in [0.29, 0.717) is 11.1 Å². The van der Waals surface area contributed by atoms with Crippen molar-refractivity contribution >= 4 is 28.9 Å². The third kappa shape index (κ3) is 2.70. The van der Waals surface area contributed by atoms with Crippen molar-refractivity contribution in [1.82, 2.24) is 0 Å². The summed E-state index contributed by atoms with van der Waals surface area (Å²) in [4.78, 5) is 23.2. The molecule has 4 nitrogen and oxygen atoms in total. The van der Waals surface area contributed by atoms with Crippen molar-refractivity contribution in [2.75, 3.05) is 5.32 Å². The van der Waals surface area contributed by atoms with Gasteiger partial charge in [-0.2, -0.15) is 0 Å². The second-order valence-electron chi connectivity index (χ2n) is 4.35. The number of halogens is 1. The molecule has 0 bridgehead atoms. The molecule has 1 aromatic carbocycles. The Hall–Kier alpha value is -2.21. The van der Waals surface area contributed by atoms with E-state index in [1.54, 1.807) is 19.2 Å². The zero-order valence-electron chi connectivity index (χ0n) is 10.9. The molecule has 1 heterocycles. The number of thiophene rings is 1. The first-order chi connectivity index (χ1) is 9.40. The molecule has 2 rings (SSSR count). The van der Waals surface area contributed by atoms with Crippen LogP contribution in [0.1, 0.15) is 31.2 Å². The number of carbonyl (C=O) groups is 2. The highest BCUT2D eigenvalue weighted by Crippen LogP contribution is 2.28. The molecule has 0 aliphatic rings. The van der Waals surface area contributed by atoms with Crippen molar-refractivity contribution in [2.45, 2.75) is 13.8 Å². The zero-order valence-corrected chi connectivity index (χ0v) is 11.7. The second kappa shape index (κ2) is 5.42. The maximum absolute atomic E-state index is 13.2. The second-order valence-corrected chi connectivity index (χ2v) is 5.23. The lowest BCUT2D eigenvalue weighted by atomic mass is 10.1. The summed E-state index contributed by atoms with van der Waals surface area (Å²) in [7, 11) is 0. The van der Waals surface area contributed by atoms with Crippen molar-refractivity contribution in [3.63, 3.8) is 0 Å². The smallest absolute Gasteiger partial charge is 0.348 e. The Morgan fingerprint density at radius 3 is 2.55 bits per heavy atom. The molecule has 0 saturated heterocycles. The van der Waals surface area contributed by atoms with Gasteiger partial charge in [0.2, 0.25) is 0 Å². The molecule has 0 radical (unpaired) electrons. The topological polar surface area (TPSA) is 66.4 Å². The van der Waals surface area contributed by atoms with E-state index in [1.807, 2.05) is 0 Å². The van der Waals surface area contributed by atoms with Gasteiger partial charge in [0.15, 0.2) is 0 Å². The Labute approximate surface area is 118 Å². The summed E-state index contributed by atoms with van der Waals surface area (Å²) in [6.07, 6.45) is 0. The largest absolute Gasteiger partial charge is 0.477 e. The lowest BCUT2D eigenvalue weighted by Crippen LogP contribution is -2.14. The lowest BCUT2D eigenvalue weighted by Gasteiger charge is -2.07. The lowest BCUT2D eigenvalue weighted by molar-refractivity contribution is 0.0703. The van der Waals surface area contributed by atoms with E-state index in [1.165, 1.54) is 18.2 Å². The Kier molecular flexibility index (Phi) is 3.85. The zero-order chi connectivity index (χ0) is 14.9. The van der Waals surface area contributed by atoms with Crippen molar-refractivity contribution in [3.05, 3.63) is 51.0 Å². The third-order valence-corrected chi connectivity index (χ3v) is 3.91. The molecule has 0 unspecified atom stereocenters. The Balaban J connectivity index is 2.30. The van der Waals surface area contributed by atoms with E-state index < -0.39 is 11.9 Å². The summed E-state index contributed by atoms with van der Waals surface area (Å²) < 4.78 is 13.2. The van der Waals surface area contributed by atoms with E-state index >= 15 is 0 Å². The minimum Gasteiger partial charge on any atom is -0.477 e. The third-order valence-electron chi connectivity index (χ3n) is 2.83. The van der Waals surface area contributed by atoms with Crippen LogP contribution >= 0.6 is 11.3 Å². The first-order valence-electron chi connectivity index (χ1n) is 5.79. The first kappa shape index (κ1) is 14.2. The molecule has 104 valence electrons. The average Bonchev–Trinajstić information content (AvgIpc) is 2.74. The van der Waals surface area contributed by atoms with Crippen molar-refractivity contribution < 1.29 is 19.1 Å². The number of carboxylic acids is 1. The number of carbonyl (C=O) groups excluding carboxylic acids is 1. The highest BCUT2D eigenvalue weighted by atomic mass is 32.1. The molecular weight excluding hydrogens is 281 g/mol. The van der Waals surface area contributed by atoms with Crippen molar-refractivity contribution in [3.8, 4) is 0 Å². The van der Waals surface area contributed by atoms with Crippen LogP contribution in [0.2, 0.25) is 0 Å². The van der Waals surface area contributed by atoms with Crippen LogP contribution < -0.4 is 5.32 Å². The summed E-state index contributed by atoms with van der Waals surface area (Å²) in [5.41, 5.74) is 1.61. The van der Waals surface area contributed by atoms with Gasteiger partial charge in [-0.05, 0) is 48.6 Å². The Morgan fingerprint density at radius 1 is 1.25 bits per heavy atom. The molecule has 1 amide bonds. The van der Waals surface area contributed by atoms with Crippen molar-refractivity contribution in [2.24, 2.45) is 0 Å². The first-order valence-corrected chi connectivity index (χ1v) is 6.67. The Bertz CT molecular complexity index is 694. The van der Waals surface area contributed by atoms with Gasteiger partial charge in [0.05, 0.1) is 5.69 Å². The molecule has 0 aliphatic heterocycles. The fourth-order valence-electron chi connectivity index (χ4n) is 1.73. The van der Waals surface area contributed by atoms with Gasteiger partial charge >= 0.3 is 5.97 Å². The van der Waals surface area contributed by atoms with Gasteiger partial charge < -0.3 is 10.4 Å². The van der Waals surface area contributed by atoms with Crippen LogP contribution in [0.3, 0.4) is 0 Å². The van der Waals surface area contributed by atoms with Gasteiger partial charge in [-0.1, -0.05) is 0 Å². The maximum Gasteiger partial charge on any atom is 0.348 e. The van der Waals surface area contributed by atoms with E-state index in [9.17, 15) is 14.0 Å². The van der Waals surface area contributed by atoms with Crippen LogP contribution in [0.4, 0.5) is 10.1 Å². The summed E-state index contributed by atoms with van der Waals surface area (Å²) >= 11 is 1.05. The molecule has 20 heavy (non-hydrogen) atoms. The molecule has 0 fully saturated rings. The molecule has 2 aromatic rings. The van der Waals surface area contributed by atoms with E-state index in [0.717, 1.165) is 11.3 Å². The number of carboxylic acid groups (broad SMARTS) is 1. The van der Waals surface area contributed by atoms with Gasteiger partial charge in [0.25, 0.3) is 5.91 Å². The van der Waals surface area contributed by atoms with Crippen LogP contribution in [0.25, 0.3) is 0 Å². The van der Waals surface area contributed by atoms with E-state index in [4.69, 9.17) is 5.11 Å². The SMILES string of the molecule is Cc1cc(C(=O)Nc2c(C)csc2C(=O)O)ccc1F. The van der Waals surface area contributed by atoms with Crippen LogP contribution in [0, 0.1) is 19.7 Å². The average molecular weight is 293 g/mol. The minimum absolute atomic E-state index is 0.0784. The highest BCUT2D eigenvalue weighted by molar-refractivity contribution is 7.12. The predicted octanol–water partition coefficient (Wildman–Crippen LogP) is 3.45. The number of nitrogens with one attached hydrogen (secondary N) is 1. The van der Waals surface area contributed by atoms with Gasteiger partial charge in [-0.3, -0.25) is 4.79 Å². The number of aromatic carboxylic acids is 1. The van der Waals surface area contributed by atoms with E-state index in [-0.39, 0.29) is 21.9 Å². The fraction of sp³-hybridized carbons (Fsp3) is 0.143. The number of anilines is 1. The number of benzene rings is 1. The monoisotopic (exact) mass is 293 g/mol. The standard InChI is InChI=1S/C14H12FNO3S/c1-7-5-9(3-4-10(7)15)13(17)16-11-8(2)6-20-12(11)14(18)19/h3-6H,1-2H3,(H,16,17)(H,18,19). The highest BCUT2D eigenvalue weighted by Gasteiger charge is 2.18. The molecule has 6 heteroatoms. The van der Waals surface area contributed by atoms with Crippen LogP contribution in [0.5, 0.6) is 0 Å². The molecule has 0 aliphatic carbocycles. The summed E-state index contributed by atoms with van der Waals surface area (Å²) in [6.45, 7) is 3.28. The predicted molar refractivity (Wildman–Crippen MR) is 75.1 cm³/mol. The number of aryl methyl sites for hydroxylation is 2. The maximum atomic E-state index is 13.2. The van der Waals surface area contributed by atoms with Crippen LogP contribution in [0.15, 0.2) is 23.6 Å². The van der Waals surface area contributed by atoms with Gasteiger partial charge in [-0.25, -0.2) is 9.18 Å². The molecule has 1 aromatic heterocycles. The molecule has 0 saturated carbocycles. The van der Waals surface area contributed by atoms with E-state index in [2.05, 4.69) is 5.32 Å². The number of hydrogen-bond acceptors (Lipinski definition) is 3. The summed E-state index contributed by atoms with van der Waals surface area (Å²) in [6, 6.07) is 4.00. The normalized spacial score (nSPS) is 10.3. The summed E-state index contributed by atoms with van der Waals surface area (Å²) in [5.74, 6) is -1.94.